The summed E-state index contributed by atoms with van der Waals surface area (Å²) >= 11 is 0. The molecule has 0 aliphatic heterocycles. The highest BCUT2D eigenvalue weighted by molar-refractivity contribution is 5.34. The Morgan fingerprint density at radius 1 is 1.38 bits per heavy atom. The molecular formula is C11H14F3NO. The molecule has 1 aromatic carbocycles. The molecule has 1 atom stereocenters. The Morgan fingerprint density at radius 2 is 2.06 bits per heavy atom. The predicted octanol–water partition coefficient (Wildman–Crippen LogP) is 2.36. The fourth-order valence-corrected chi connectivity index (χ4v) is 1.35. The molecule has 5 heteroatoms. The van der Waals surface area contributed by atoms with Gasteiger partial charge in [-0.15, -0.1) is 0 Å². The second kappa shape index (κ2) is 5.75. The third kappa shape index (κ3) is 4.10. The van der Waals surface area contributed by atoms with Crippen LogP contribution in [-0.4, -0.2) is 19.1 Å². The second-order valence-electron chi connectivity index (χ2n) is 3.64. The van der Waals surface area contributed by atoms with Gasteiger partial charge in [0.25, 0.3) is 6.43 Å². The molecule has 0 radical (unpaired) electrons. The van der Waals surface area contributed by atoms with E-state index in [9.17, 15) is 13.2 Å². The van der Waals surface area contributed by atoms with E-state index < -0.39 is 18.8 Å². The number of hydrogen-bond acceptors (Lipinski definition) is 2. The number of hydrogen-bond donors (Lipinski definition) is 1. The number of benzene rings is 1. The Hall–Kier alpha value is -1.23. The summed E-state index contributed by atoms with van der Waals surface area (Å²) in [6.45, 7) is 1.05. The van der Waals surface area contributed by atoms with Gasteiger partial charge in [-0.3, -0.25) is 0 Å². The highest BCUT2D eigenvalue weighted by Crippen LogP contribution is 2.21. The van der Waals surface area contributed by atoms with Crippen LogP contribution in [0.4, 0.5) is 13.2 Å². The maximum absolute atomic E-state index is 13.0. The van der Waals surface area contributed by atoms with Crippen molar-refractivity contribution >= 4 is 0 Å². The van der Waals surface area contributed by atoms with Gasteiger partial charge in [-0.05, 0) is 37.1 Å². The first-order valence-electron chi connectivity index (χ1n) is 4.94. The van der Waals surface area contributed by atoms with Crippen LogP contribution >= 0.6 is 0 Å². The van der Waals surface area contributed by atoms with Gasteiger partial charge in [0.1, 0.15) is 18.2 Å². The lowest BCUT2D eigenvalue weighted by molar-refractivity contribution is 0.0813. The van der Waals surface area contributed by atoms with Crippen molar-refractivity contribution in [3.63, 3.8) is 0 Å². The summed E-state index contributed by atoms with van der Waals surface area (Å²) in [5.74, 6) is -0.168. The van der Waals surface area contributed by atoms with Crippen molar-refractivity contribution < 1.29 is 17.9 Å². The van der Waals surface area contributed by atoms with Gasteiger partial charge in [0.15, 0.2) is 0 Å². The van der Waals surface area contributed by atoms with Gasteiger partial charge in [-0.2, -0.15) is 0 Å². The standard InChI is InChI=1S/C11H14F3NO/c1-7(15)4-8-5-9(12)2-3-10(8)16-6-11(13)14/h2-3,5,7,11H,4,6,15H2,1H3. The van der Waals surface area contributed by atoms with Crippen LogP contribution in [0, 0.1) is 5.82 Å². The fraction of sp³-hybridized carbons (Fsp3) is 0.455. The molecular weight excluding hydrogens is 219 g/mol. The van der Waals surface area contributed by atoms with E-state index in [1.165, 1.54) is 18.2 Å². The van der Waals surface area contributed by atoms with Crippen molar-refractivity contribution in [2.45, 2.75) is 25.8 Å². The molecule has 0 spiro atoms. The van der Waals surface area contributed by atoms with Crippen molar-refractivity contribution in [3.8, 4) is 5.75 Å². The summed E-state index contributed by atoms with van der Waals surface area (Å²) in [5.41, 5.74) is 6.08. The molecule has 2 N–H and O–H groups in total. The SMILES string of the molecule is CC(N)Cc1cc(F)ccc1OCC(F)F. The van der Waals surface area contributed by atoms with E-state index in [4.69, 9.17) is 10.5 Å². The van der Waals surface area contributed by atoms with E-state index in [2.05, 4.69) is 0 Å². The Bertz CT molecular complexity index is 342. The normalized spacial score (nSPS) is 12.9. The molecule has 1 rings (SSSR count). The van der Waals surface area contributed by atoms with E-state index in [0.29, 0.717) is 12.0 Å². The van der Waals surface area contributed by atoms with Crippen LogP contribution in [0.25, 0.3) is 0 Å². The third-order valence-electron chi connectivity index (χ3n) is 1.93. The summed E-state index contributed by atoms with van der Waals surface area (Å²) in [7, 11) is 0. The van der Waals surface area contributed by atoms with Gasteiger partial charge in [-0.1, -0.05) is 0 Å². The molecule has 1 unspecified atom stereocenters. The molecule has 0 bridgehead atoms. The van der Waals surface area contributed by atoms with Crippen LogP contribution in [-0.2, 0) is 6.42 Å². The van der Waals surface area contributed by atoms with E-state index in [1.807, 2.05) is 0 Å². The summed E-state index contributed by atoms with van der Waals surface area (Å²) in [5, 5.41) is 0. The van der Waals surface area contributed by atoms with Gasteiger partial charge in [-0.25, -0.2) is 13.2 Å². The number of nitrogens with two attached hydrogens (primary N) is 1. The van der Waals surface area contributed by atoms with Crippen LogP contribution < -0.4 is 10.5 Å². The molecule has 0 heterocycles. The third-order valence-corrected chi connectivity index (χ3v) is 1.93. The van der Waals surface area contributed by atoms with Crippen molar-refractivity contribution in [2.24, 2.45) is 5.73 Å². The number of ether oxygens (including phenoxy) is 1. The topological polar surface area (TPSA) is 35.2 Å². The average Bonchev–Trinajstić information content (AvgIpc) is 2.15. The molecule has 90 valence electrons. The highest BCUT2D eigenvalue weighted by atomic mass is 19.3. The molecule has 0 aromatic heterocycles. The summed E-state index contributed by atoms with van der Waals surface area (Å²) in [6.07, 6.45) is -2.16. The number of alkyl halides is 2. The Morgan fingerprint density at radius 3 is 2.62 bits per heavy atom. The lowest BCUT2D eigenvalue weighted by Crippen LogP contribution is -2.19. The minimum atomic E-state index is -2.55. The van der Waals surface area contributed by atoms with E-state index in [-0.39, 0.29) is 11.8 Å². The molecule has 2 nitrogen and oxygen atoms in total. The molecule has 1 aromatic rings. The molecule has 0 saturated carbocycles. The van der Waals surface area contributed by atoms with E-state index in [0.717, 1.165) is 0 Å². The fourth-order valence-electron chi connectivity index (χ4n) is 1.35. The Balaban J connectivity index is 2.80. The van der Waals surface area contributed by atoms with Crippen LogP contribution in [0.1, 0.15) is 12.5 Å². The molecule has 16 heavy (non-hydrogen) atoms. The summed E-state index contributed by atoms with van der Waals surface area (Å²) < 4.78 is 41.8. The van der Waals surface area contributed by atoms with Gasteiger partial charge in [0.05, 0.1) is 0 Å². The van der Waals surface area contributed by atoms with Crippen LogP contribution in [0.15, 0.2) is 18.2 Å². The van der Waals surface area contributed by atoms with Crippen molar-refractivity contribution in [3.05, 3.63) is 29.6 Å². The van der Waals surface area contributed by atoms with Crippen molar-refractivity contribution in [1.82, 2.24) is 0 Å². The smallest absolute Gasteiger partial charge is 0.272 e. The van der Waals surface area contributed by atoms with Crippen LogP contribution in [0.3, 0.4) is 0 Å². The quantitative estimate of drug-likeness (QED) is 0.847. The summed E-state index contributed by atoms with van der Waals surface area (Å²) in [4.78, 5) is 0. The lowest BCUT2D eigenvalue weighted by Gasteiger charge is -2.12. The average molecular weight is 233 g/mol. The zero-order chi connectivity index (χ0) is 12.1. The molecule has 0 fully saturated rings. The molecule has 0 amide bonds. The first-order valence-corrected chi connectivity index (χ1v) is 4.94. The van der Waals surface area contributed by atoms with Crippen LogP contribution in [0.2, 0.25) is 0 Å². The van der Waals surface area contributed by atoms with Crippen molar-refractivity contribution in [1.29, 1.82) is 0 Å². The Labute approximate surface area is 92.2 Å². The molecule has 0 saturated heterocycles. The maximum Gasteiger partial charge on any atom is 0.272 e. The van der Waals surface area contributed by atoms with Gasteiger partial charge in [0.2, 0.25) is 0 Å². The minimum Gasteiger partial charge on any atom is -0.487 e. The monoisotopic (exact) mass is 233 g/mol. The number of rotatable bonds is 5. The van der Waals surface area contributed by atoms with E-state index in [1.54, 1.807) is 6.92 Å². The van der Waals surface area contributed by atoms with Gasteiger partial charge >= 0.3 is 0 Å². The van der Waals surface area contributed by atoms with Gasteiger partial charge < -0.3 is 10.5 Å². The van der Waals surface area contributed by atoms with E-state index >= 15 is 0 Å². The van der Waals surface area contributed by atoms with Gasteiger partial charge in [0, 0.05) is 6.04 Å². The maximum atomic E-state index is 13.0. The minimum absolute atomic E-state index is 0.185. The zero-order valence-corrected chi connectivity index (χ0v) is 8.92. The second-order valence-corrected chi connectivity index (χ2v) is 3.64. The highest BCUT2D eigenvalue weighted by Gasteiger charge is 2.10. The first kappa shape index (κ1) is 12.8. The van der Waals surface area contributed by atoms with Crippen molar-refractivity contribution in [2.75, 3.05) is 6.61 Å². The summed E-state index contributed by atoms with van der Waals surface area (Å²) in [6, 6.07) is 3.58. The van der Waals surface area contributed by atoms with Crippen LogP contribution in [0.5, 0.6) is 5.75 Å². The lowest BCUT2D eigenvalue weighted by atomic mass is 10.1. The predicted molar refractivity (Wildman–Crippen MR) is 55.3 cm³/mol. The first-order chi connectivity index (χ1) is 7.49. The number of halogens is 3. The molecule has 0 aliphatic rings. The molecule has 0 aliphatic carbocycles. The zero-order valence-electron chi connectivity index (χ0n) is 8.92. The largest absolute Gasteiger partial charge is 0.487 e. The Kier molecular flexibility index (Phi) is 4.61.